The van der Waals surface area contributed by atoms with Gasteiger partial charge in [0.2, 0.25) is 0 Å². The van der Waals surface area contributed by atoms with E-state index < -0.39 is 11.9 Å². The molecule has 1 aliphatic heterocycles. The van der Waals surface area contributed by atoms with E-state index in [2.05, 4.69) is 14.9 Å². The molecular weight excluding hydrogens is 350 g/mol. The van der Waals surface area contributed by atoms with Crippen molar-refractivity contribution in [1.29, 1.82) is 0 Å². The lowest BCUT2D eigenvalue weighted by Crippen LogP contribution is -2.29. The zero-order chi connectivity index (χ0) is 18.1. The molecule has 4 rings (SSSR count). The molecule has 3 aromatic rings. The van der Waals surface area contributed by atoms with E-state index in [0.717, 1.165) is 10.3 Å². The molecule has 1 aromatic heterocycles. The zero-order valence-corrected chi connectivity index (χ0v) is 14.5. The van der Waals surface area contributed by atoms with Gasteiger partial charge in [0.1, 0.15) is 16.8 Å². The lowest BCUT2D eigenvalue weighted by Gasteiger charge is -2.07. The summed E-state index contributed by atoms with van der Waals surface area (Å²) in [6.45, 7) is 0. The van der Waals surface area contributed by atoms with E-state index in [1.54, 1.807) is 18.2 Å². The number of aliphatic hydroxyl groups excluding tert-OH is 1. The van der Waals surface area contributed by atoms with Gasteiger partial charge in [0.05, 0.1) is 10.7 Å². The van der Waals surface area contributed by atoms with Crippen LogP contribution in [-0.2, 0) is 16.0 Å². The fraction of sp³-hybridized carbons (Fsp3) is 0.158. The Morgan fingerprint density at radius 1 is 1.15 bits per heavy atom. The zero-order valence-electron chi connectivity index (χ0n) is 13.7. The summed E-state index contributed by atoms with van der Waals surface area (Å²) >= 11 is 1.24. The van der Waals surface area contributed by atoms with Crippen LogP contribution in [-0.4, -0.2) is 32.4 Å². The first kappa shape index (κ1) is 16.4. The van der Waals surface area contributed by atoms with Gasteiger partial charge in [0.25, 0.3) is 5.91 Å². The number of nitrogens with one attached hydrogen (secondary N) is 1. The average Bonchev–Trinajstić information content (AvgIpc) is 3.23. The van der Waals surface area contributed by atoms with Crippen molar-refractivity contribution in [1.82, 2.24) is 14.9 Å². The second kappa shape index (κ2) is 6.68. The maximum atomic E-state index is 12.6. The second-order valence-electron chi connectivity index (χ2n) is 6.09. The van der Waals surface area contributed by atoms with Crippen LogP contribution in [0.1, 0.15) is 17.5 Å². The Morgan fingerprint density at radius 3 is 2.77 bits per heavy atom. The van der Waals surface area contributed by atoms with Crippen LogP contribution in [0.15, 0.2) is 54.1 Å². The Balaban J connectivity index is 1.58. The highest BCUT2D eigenvalue weighted by Gasteiger charge is 2.38. The van der Waals surface area contributed by atoms with E-state index in [0.29, 0.717) is 23.9 Å². The van der Waals surface area contributed by atoms with Crippen LogP contribution in [0.4, 0.5) is 0 Å². The number of hydrogen-bond acceptors (Lipinski definition) is 6. The normalized spacial score (nSPS) is 19.0. The summed E-state index contributed by atoms with van der Waals surface area (Å²) in [6, 6.07) is 14.2. The minimum absolute atomic E-state index is 0.189. The minimum atomic E-state index is -0.621. The van der Waals surface area contributed by atoms with Crippen LogP contribution in [0.3, 0.4) is 0 Å². The molecule has 0 bridgehead atoms. The summed E-state index contributed by atoms with van der Waals surface area (Å²) in [5.74, 6) is -1.23. The first-order valence-electron chi connectivity index (χ1n) is 8.18. The molecule has 0 radical (unpaired) electrons. The van der Waals surface area contributed by atoms with Gasteiger partial charge in [-0.05, 0) is 48.1 Å². The molecule has 0 saturated carbocycles. The molecule has 1 saturated heterocycles. The maximum absolute atomic E-state index is 12.6. The first-order chi connectivity index (χ1) is 12.6. The summed E-state index contributed by atoms with van der Waals surface area (Å²) in [6.07, 6.45) is 1.16. The lowest BCUT2D eigenvalue weighted by atomic mass is 9.99. The van der Waals surface area contributed by atoms with Gasteiger partial charge in [-0.1, -0.05) is 34.8 Å². The van der Waals surface area contributed by atoms with E-state index in [1.165, 1.54) is 11.5 Å². The molecule has 1 unspecified atom stereocenters. The van der Waals surface area contributed by atoms with Crippen molar-refractivity contribution in [3.63, 3.8) is 0 Å². The van der Waals surface area contributed by atoms with Gasteiger partial charge in [0, 0.05) is 5.56 Å². The van der Waals surface area contributed by atoms with Crippen LogP contribution in [0.5, 0.6) is 0 Å². The fourth-order valence-corrected chi connectivity index (χ4v) is 3.58. The second-order valence-corrected chi connectivity index (χ2v) is 6.88. The number of benzene rings is 2. The number of fused-ring (bicyclic) bond motifs is 1. The van der Waals surface area contributed by atoms with E-state index in [1.807, 2.05) is 30.3 Å². The molecule has 130 valence electrons. The highest BCUT2D eigenvalue weighted by molar-refractivity contribution is 7.12. The van der Waals surface area contributed by atoms with Crippen molar-refractivity contribution in [2.45, 2.75) is 18.9 Å². The van der Waals surface area contributed by atoms with Gasteiger partial charge >= 0.3 is 0 Å². The molecule has 7 heteroatoms. The van der Waals surface area contributed by atoms with Crippen molar-refractivity contribution in [3.8, 4) is 0 Å². The third-order valence-corrected chi connectivity index (χ3v) is 5.12. The quantitative estimate of drug-likeness (QED) is 0.421. The fourth-order valence-electron chi connectivity index (χ4n) is 3.04. The van der Waals surface area contributed by atoms with Gasteiger partial charge in [-0.3, -0.25) is 9.59 Å². The summed E-state index contributed by atoms with van der Waals surface area (Å²) in [5, 5.41) is 17.1. The Morgan fingerprint density at radius 2 is 1.96 bits per heavy atom. The predicted octanol–water partition coefficient (Wildman–Crippen LogP) is 2.66. The maximum Gasteiger partial charge on any atom is 0.259 e. The number of hydrogen-bond donors (Lipinski definition) is 2. The number of carbonyl (C=O) groups is 2. The molecule has 0 spiro atoms. The van der Waals surface area contributed by atoms with Crippen LogP contribution in [0.25, 0.3) is 16.0 Å². The van der Waals surface area contributed by atoms with Gasteiger partial charge in [-0.2, -0.15) is 0 Å². The smallest absolute Gasteiger partial charge is 0.259 e. The summed E-state index contributed by atoms with van der Waals surface area (Å²) in [4.78, 5) is 24.9. The number of aryl methyl sites for hydroxylation is 1. The number of nitrogens with zero attached hydrogens (tertiary/aromatic N) is 2. The number of rotatable bonds is 4. The minimum Gasteiger partial charge on any atom is -0.506 e. The standard InChI is InChI=1S/C19H15N3O3S/c23-17(12-7-9-15-14(10-12)21-22-26-15)16-18(24)13(20-19(16)25)8-6-11-4-2-1-3-5-11/h1-5,7,9-10,13,23H,6,8H2,(H,20,25). The largest absolute Gasteiger partial charge is 0.506 e. The highest BCUT2D eigenvalue weighted by atomic mass is 32.1. The van der Waals surface area contributed by atoms with Gasteiger partial charge in [-0.15, -0.1) is 5.10 Å². The number of carbonyl (C=O) groups excluding carboxylic acids is 2. The predicted molar refractivity (Wildman–Crippen MR) is 98.7 cm³/mol. The van der Waals surface area contributed by atoms with Crippen molar-refractivity contribution in [2.75, 3.05) is 0 Å². The molecule has 1 fully saturated rings. The topological polar surface area (TPSA) is 92.2 Å². The van der Waals surface area contributed by atoms with Crippen LogP contribution >= 0.6 is 11.5 Å². The van der Waals surface area contributed by atoms with E-state index in [9.17, 15) is 14.7 Å². The molecule has 26 heavy (non-hydrogen) atoms. The molecule has 2 heterocycles. The molecule has 6 nitrogen and oxygen atoms in total. The van der Waals surface area contributed by atoms with Crippen LogP contribution in [0.2, 0.25) is 0 Å². The van der Waals surface area contributed by atoms with E-state index in [-0.39, 0.29) is 17.1 Å². The molecule has 2 aromatic carbocycles. The lowest BCUT2D eigenvalue weighted by molar-refractivity contribution is -0.117. The van der Waals surface area contributed by atoms with Crippen molar-refractivity contribution >= 4 is 39.2 Å². The molecule has 1 atom stereocenters. The Labute approximate surface area is 153 Å². The average molecular weight is 365 g/mol. The third-order valence-electron chi connectivity index (χ3n) is 4.42. The summed E-state index contributed by atoms with van der Waals surface area (Å²) in [5.41, 5.74) is 1.90. The number of ketones is 1. The highest BCUT2D eigenvalue weighted by Crippen LogP contribution is 2.26. The Bertz CT molecular complexity index is 1030. The Hall–Kier alpha value is -3.06. The van der Waals surface area contributed by atoms with Gasteiger partial charge in [-0.25, -0.2) is 0 Å². The molecule has 0 aliphatic carbocycles. The molecule has 1 aliphatic rings. The molecule has 1 amide bonds. The van der Waals surface area contributed by atoms with Gasteiger partial charge < -0.3 is 10.4 Å². The van der Waals surface area contributed by atoms with Crippen molar-refractivity contribution < 1.29 is 14.7 Å². The number of Topliss-reactive ketones (excluding diaryl/α,β-unsaturated/α-hetero) is 1. The summed E-state index contributed by atoms with van der Waals surface area (Å²) < 4.78 is 4.71. The number of amides is 1. The monoisotopic (exact) mass is 365 g/mol. The van der Waals surface area contributed by atoms with E-state index >= 15 is 0 Å². The van der Waals surface area contributed by atoms with Crippen LogP contribution in [0, 0.1) is 0 Å². The SMILES string of the molecule is O=C1NC(CCc2ccccc2)C(=O)C1=C(O)c1ccc2snnc2c1. The van der Waals surface area contributed by atoms with E-state index in [4.69, 9.17) is 0 Å². The van der Waals surface area contributed by atoms with Crippen LogP contribution < -0.4 is 5.32 Å². The first-order valence-corrected chi connectivity index (χ1v) is 8.95. The van der Waals surface area contributed by atoms with Crippen molar-refractivity contribution in [3.05, 3.63) is 65.2 Å². The van der Waals surface area contributed by atoms with Gasteiger partial charge in [0.15, 0.2) is 5.78 Å². The molecular formula is C19H15N3O3S. The number of aromatic nitrogens is 2. The third kappa shape index (κ3) is 2.97. The summed E-state index contributed by atoms with van der Waals surface area (Å²) in [7, 11) is 0. The molecule has 2 N–H and O–H groups in total. The Kier molecular flexibility index (Phi) is 4.22. The van der Waals surface area contributed by atoms with Crippen molar-refractivity contribution in [2.24, 2.45) is 0 Å². The number of aliphatic hydroxyl groups is 1.